The van der Waals surface area contributed by atoms with E-state index in [0.29, 0.717) is 19.3 Å². The summed E-state index contributed by atoms with van der Waals surface area (Å²) in [5, 5.41) is 15.1. The molecule has 0 saturated heterocycles. The van der Waals surface area contributed by atoms with Crippen molar-refractivity contribution in [1.29, 1.82) is 0 Å². The Balaban J connectivity index is 1.39. The monoisotopic (exact) mass is 478 g/mol. The lowest BCUT2D eigenvalue weighted by molar-refractivity contribution is -0.143. The Morgan fingerprint density at radius 2 is 1.66 bits per heavy atom. The summed E-state index contributed by atoms with van der Waals surface area (Å²) in [5.41, 5.74) is 4.56. The van der Waals surface area contributed by atoms with Gasteiger partial charge in [0.25, 0.3) is 0 Å². The van der Waals surface area contributed by atoms with Crippen molar-refractivity contribution in [3.8, 4) is 11.1 Å². The van der Waals surface area contributed by atoms with E-state index in [0.717, 1.165) is 35.1 Å². The molecule has 186 valence electrons. The minimum Gasteiger partial charge on any atom is -0.481 e. The van der Waals surface area contributed by atoms with E-state index in [1.165, 1.54) is 0 Å². The summed E-state index contributed by atoms with van der Waals surface area (Å²) in [7, 11) is 0. The SMILES string of the molecule is CCC(C)C(NC(=O)OCC1c2ccccc2-c2ccccc21)C(=O)N[C@H]1CCC[C@@H](C(=O)O)C1. The first-order valence-electron chi connectivity index (χ1n) is 12.5. The molecule has 7 heteroatoms. The van der Waals surface area contributed by atoms with Crippen LogP contribution in [0.3, 0.4) is 0 Å². The molecule has 0 bridgehead atoms. The third kappa shape index (κ3) is 5.50. The molecule has 0 radical (unpaired) electrons. The lowest BCUT2D eigenvalue weighted by Crippen LogP contribution is -2.53. The van der Waals surface area contributed by atoms with Crippen LogP contribution in [0.2, 0.25) is 0 Å². The van der Waals surface area contributed by atoms with Crippen molar-refractivity contribution in [3.63, 3.8) is 0 Å². The van der Waals surface area contributed by atoms with Crippen LogP contribution >= 0.6 is 0 Å². The number of ether oxygens (including phenoxy) is 1. The molecule has 0 aliphatic heterocycles. The van der Waals surface area contributed by atoms with Gasteiger partial charge < -0.3 is 20.5 Å². The highest BCUT2D eigenvalue weighted by molar-refractivity contribution is 5.86. The van der Waals surface area contributed by atoms with E-state index in [1.807, 2.05) is 38.1 Å². The second kappa shape index (κ2) is 10.9. The maximum absolute atomic E-state index is 13.1. The molecule has 0 spiro atoms. The van der Waals surface area contributed by atoms with Gasteiger partial charge in [0.05, 0.1) is 5.92 Å². The highest BCUT2D eigenvalue weighted by atomic mass is 16.5. The number of rotatable bonds is 8. The number of benzene rings is 2. The minimum absolute atomic E-state index is 0.0563. The smallest absolute Gasteiger partial charge is 0.407 e. The van der Waals surface area contributed by atoms with Crippen LogP contribution in [0.25, 0.3) is 11.1 Å². The van der Waals surface area contributed by atoms with Gasteiger partial charge in [0.15, 0.2) is 0 Å². The number of carbonyl (C=O) groups is 3. The molecule has 2 aliphatic rings. The number of carbonyl (C=O) groups excluding carboxylic acids is 2. The molecule has 2 aromatic rings. The summed E-state index contributed by atoms with van der Waals surface area (Å²) in [4.78, 5) is 37.3. The minimum atomic E-state index is -0.820. The predicted octanol–water partition coefficient (Wildman–Crippen LogP) is 4.70. The van der Waals surface area contributed by atoms with Crippen molar-refractivity contribution in [2.45, 2.75) is 64.0 Å². The standard InChI is InChI=1S/C28H34N2O5/c1-3-17(2)25(26(31)29-19-10-8-9-18(15-19)27(32)33)30-28(34)35-16-24-22-13-6-4-11-20(22)21-12-5-7-14-23(21)24/h4-7,11-14,17-19,24-25H,3,8-10,15-16H2,1-2H3,(H,29,31)(H,30,34)(H,32,33)/t17?,18-,19+,25?/m1/s1. The van der Waals surface area contributed by atoms with Gasteiger partial charge in [-0.3, -0.25) is 9.59 Å². The molecule has 2 amide bonds. The summed E-state index contributed by atoms with van der Waals surface area (Å²) in [6, 6.07) is 15.3. The third-order valence-electron chi connectivity index (χ3n) is 7.48. The fraction of sp³-hybridized carbons (Fsp3) is 0.464. The number of carboxylic acid groups (broad SMARTS) is 1. The first-order valence-corrected chi connectivity index (χ1v) is 12.5. The van der Waals surface area contributed by atoms with E-state index in [2.05, 4.69) is 34.9 Å². The van der Waals surface area contributed by atoms with Gasteiger partial charge in [0.1, 0.15) is 12.6 Å². The van der Waals surface area contributed by atoms with E-state index in [4.69, 9.17) is 4.74 Å². The number of alkyl carbamates (subject to hydrolysis) is 1. The maximum Gasteiger partial charge on any atom is 0.407 e. The summed E-state index contributed by atoms with van der Waals surface area (Å²) >= 11 is 0. The van der Waals surface area contributed by atoms with Gasteiger partial charge in [-0.05, 0) is 47.4 Å². The van der Waals surface area contributed by atoms with Gasteiger partial charge in [-0.15, -0.1) is 0 Å². The summed E-state index contributed by atoms with van der Waals surface area (Å²) in [6.07, 6.45) is 2.63. The van der Waals surface area contributed by atoms with E-state index in [-0.39, 0.29) is 30.4 Å². The second-order valence-corrected chi connectivity index (χ2v) is 9.74. The molecule has 2 aromatic carbocycles. The van der Waals surface area contributed by atoms with Gasteiger partial charge in [0, 0.05) is 12.0 Å². The Morgan fingerprint density at radius 3 is 2.26 bits per heavy atom. The Labute approximate surface area is 206 Å². The average molecular weight is 479 g/mol. The fourth-order valence-electron chi connectivity index (χ4n) is 5.31. The summed E-state index contributed by atoms with van der Waals surface area (Å²) < 4.78 is 5.65. The van der Waals surface area contributed by atoms with Crippen LogP contribution in [0.15, 0.2) is 48.5 Å². The Bertz CT molecular complexity index is 1040. The molecular weight excluding hydrogens is 444 g/mol. The maximum atomic E-state index is 13.1. The van der Waals surface area contributed by atoms with E-state index < -0.39 is 24.0 Å². The molecule has 2 aliphatic carbocycles. The quantitative estimate of drug-likeness (QED) is 0.510. The van der Waals surface area contributed by atoms with Crippen LogP contribution < -0.4 is 10.6 Å². The van der Waals surface area contributed by atoms with Gasteiger partial charge in [-0.2, -0.15) is 0 Å². The molecule has 0 aromatic heterocycles. The predicted molar refractivity (Wildman–Crippen MR) is 133 cm³/mol. The van der Waals surface area contributed by atoms with Crippen LogP contribution in [0.5, 0.6) is 0 Å². The molecule has 1 saturated carbocycles. The van der Waals surface area contributed by atoms with Crippen molar-refractivity contribution in [3.05, 3.63) is 59.7 Å². The zero-order valence-electron chi connectivity index (χ0n) is 20.3. The molecule has 35 heavy (non-hydrogen) atoms. The largest absolute Gasteiger partial charge is 0.481 e. The zero-order chi connectivity index (χ0) is 24.9. The van der Waals surface area contributed by atoms with Crippen molar-refractivity contribution in [1.82, 2.24) is 10.6 Å². The Kier molecular flexibility index (Phi) is 7.73. The molecule has 3 N–H and O–H groups in total. The van der Waals surface area contributed by atoms with E-state index in [1.54, 1.807) is 0 Å². The zero-order valence-corrected chi connectivity index (χ0v) is 20.3. The average Bonchev–Trinajstić information content (AvgIpc) is 3.19. The normalized spacial score (nSPS) is 20.7. The highest BCUT2D eigenvalue weighted by Crippen LogP contribution is 2.44. The molecule has 2 unspecified atom stereocenters. The molecule has 0 heterocycles. The number of fused-ring (bicyclic) bond motifs is 3. The Hall–Kier alpha value is -3.35. The number of hydrogen-bond donors (Lipinski definition) is 3. The number of amides is 2. The first kappa shape index (κ1) is 24.8. The molecule has 1 fully saturated rings. The van der Waals surface area contributed by atoms with E-state index >= 15 is 0 Å². The van der Waals surface area contributed by atoms with Crippen molar-refractivity contribution in [2.24, 2.45) is 11.8 Å². The van der Waals surface area contributed by atoms with Gasteiger partial charge in [0.2, 0.25) is 5.91 Å². The van der Waals surface area contributed by atoms with Crippen LogP contribution in [-0.2, 0) is 14.3 Å². The molecule has 4 atom stereocenters. The highest BCUT2D eigenvalue weighted by Gasteiger charge is 2.33. The van der Waals surface area contributed by atoms with Crippen LogP contribution in [-0.4, -0.2) is 41.8 Å². The lowest BCUT2D eigenvalue weighted by Gasteiger charge is -2.30. The fourth-order valence-corrected chi connectivity index (χ4v) is 5.31. The van der Waals surface area contributed by atoms with Gasteiger partial charge >= 0.3 is 12.1 Å². The number of hydrogen-bond acceptors (Lipinski definition) is 4. The lowest BCUT2D eigenvalue weighted by atomic mass is 9.85. The third-order valence-corrected chi connectivity index (χ3v) is 7.48. The number of nitrogens with one attached hydrogen (secondary N) is 2. The van der Waals surface area contributed by atoms with Crippen LogP contribution in [0, 0.1) is 11.8 Å². The Morgan fingerprint density at radius 1 is 1.03 bits per heavy atom. The second-order valence-electron chi connectivity index (χ2n) is 9.74. The first-order chi connectivity index (χ1) is 16.9. The summed E-state index contributed by atoms with van der Waals surface area (Å²) in [5.74, 6) is -1.71. The van der Waals surface area contributed by atoms with Crippen molar-refractivity contribution in [2.75, 3.05) is 6.61 Å². The molecule has 7 nitrogen and oxygen atoms in total. The number of aliphatic carboxylic acids is 1. The van der Waals surface area contributed by atoms with Gasteiger partial charge in [-0.1, -0.05) is 75.2 Å². The van der Waals surface area contributed by atoms with E-state index in [9.17, 15) is 19.5 Å². The van der Waals surface area contributed by atoms with Gasteiger partial charge in [-0.25, -0.2) is 4.79 Å². The van der Waals surface area contributed by atoms with Crippen molar-refractivity contribution < 1.29 is 24.2 Å². The molecule has 4 rings (SSSR count). The van der Waals surface area contributed by atoms with Crippen LogP contribution in [0.4, 0.5) is 4.79 Å². The number of carboxylic acids is 1. The summed E-state index contributed by atoms with van der Waals surface area (Å²) in [6.45, 7) is 4.05. The van der Waals surface area contributed by atoms with Crippen molar-refractivity contribution >= 4 is 18.0 Å². The van der Waals surface area contributed by atoms with Crippen LogP contribution in [0.1, 0.15) is 63.0 Å². The topological polar surface area (TPSA) is 105 Å². The molecular formula is C28H34N2O5.